The number of hydrogen-bond donors (Lipinski definition) is 2. The number of amides is 1. The van der Waals surface area contributed by atoms with Crippen LogP contribution in [0.15, 0.2) is 18.2 Å². The van der Waals surface area contributed by atoms with E-state index in [2.05, 4.69) is 5.32 Å². The number of methoxy groups -OCH3 is 1. The maximum absolute atomic E-state index is 11.9. The van der Waals surface area contributed by atoms with E-state index in [-0.39, 0.29) is 17.7 Å². The highest BCUT2D eigenvalue weighted by Crippen LogP contribution is 2.26. The lowest BCUT2D eigenvalue weighted by Gasteiger charge is -2.20. The van der Waals surface area contributed by atoms with Crippen LogP contribution >= 0.6 is 0 Å². The summed E-state index contributed by atoms with van der Waals surface area (Å²) in [6.45, 7) is 5.01. The SMILES string of the molecule is CCN(C)C(=O)C(C)NCc1ccc(O)c(OC)c1. The van der Waals surface area contributed by atoms with Gasteiger partial charge in [-0.2, -0.15) is 0 Å². The highest BCUT2D eigenvalue weighted by molar-refractivity contribution is 5.81. The molecule has 0 radical (unpaired) electrons. The number of phenolic OH excluding ortho intramolecular Hbond substituents is 1. The van der Waals surface area contributed by atoms with Crippen molar-refractivity contribution in [2.75, 3.05) is 20.7 Å². The number of rotatable bonds is 6. The van der Waals surface area contributed by atoms with Gasteiger partial charge in [-0.1, -0.05) is 6.07 Å². The van der Waals surface area contributed by atoms with Crippen LogP contribution < -0.4 is 10.1 Å². The van der Waals surface area contributed by atoms with Crippen LogP contribution in [0.2, 0.25) is 0 Å². The van der Waals surface area contributed by atoms with Gasteiger partial charge in [0, 0.05) is 20.1 Å². The molecule has 0 bridgehead atoms. The van der Waals surface area contributed by atoms with Crippen molar-refractivity contribution in [1.82, 2.24) is 10.2 Å². The van der Waals surface area contributed by atoms with Crippen LogP contribution in [0.5, 0.6) is 11.5 Å². The molecule has 1 aromatic carbocycles. The number of carbonyl (C=O) groups excluding carboxylic acids is 1. The predicted octanol–water partition coefficient (Wildman–Crippen LogP) is 1.36. The highest BCUT2D eigenvalue weighted by atomic mass is 16.5. The van der Waals surface area contributed by atoms with Gasteiger partial charge in [-0.15, -0.1) is 0 Å². The lowest BCUT2D eigenvalue weighted by Crippen LogP contribution is -2.42. The topological polar surface area (TPSA) is 61.8 Å². The molecular weight excluding hydrogens is 244 g/mol. The summed E-state index contributed by atoms with van der Waals surface area (Å²) in [7, 11) is 3.29. The molecule has 0 aliphatic carbocycles. The second kappa shape index (κ2) is 6.99. The average Bonchev–Trinajstić information content (AvgIpc) is 2.44. The Bertz CT molecular complexity index is 435. The van der Waals surface area contributed by atoms with Gasteiger partial charge < -0.3 is 20.1 Å². The Morgan fingerprint density at radius 3 is 2.79 bits per heavy atom. The molecule has 5 heteroatoms. The smallest absolute Gasteiger partial charge is 0.239 e. The van der Waals surface area contributed by atoms with E-state index in [4.69, 9.17) is 4.74 Å². The third-order valence-electron chi connectivity index (χ3n) is 3.08. The number of likely N-dealkylation sites (N-methyl/N-ethyl adjacent to an activating group) is 1. The van der Waals surface area contributed by atoms with Crippen LogP contribution in [0.25, 0.3) is 0 Å². The number of ether oxygens (including phenoxy) is 1. The molecule has 2 N–H and O–H groups in total. The van der Waals surface area contributed by atoms with Gasteiger partial charge in [0.05, 0.1) is 13.2 Å². The zero-order valence-electron chi connectivity index (χ0n) is 11.9. The molecule has 1 aromatic rings. The van der Waals surface area contributed by atoms with Crippen molar-refractivity contribution in [1.29, 1.82) is 0 Å². The molecule has 0 aromatic heterocycles. The molecule has 0 heterocycles. The first-order valence-corrected chi connectivity index (χ1v) is 6.33. The number of aromatic hydroxyl groups is 1. The summed E-state index contributed by atoms with van der Waals surface area (Å²) in [5, 5.41) is 12.7. The van der Waals surface area contributed by atoms with Crippen LogP contribution in [0.3, 0.4) is 0 Å². The van der Waals surface area contributed by atoms with Crippen LogP contribution in [0.1, 0.15) is 19.4 Å². The zero-order valence-corrected chi connectivity index (χ0v) is 11.9. The summed E-state index contributed by atoms with van der Waals surface area (Å²) < 4.78 is 5.04. The molecule has 1 atom stereocenters. The number of benzene rings is 1. The van der Waals surface area contributed by atoms with Crippen molar-refractivity contribution >= 4 is 5.91 Å². The summed E-state index contributed by atoms with van der Waals surface area (Å²) in [5.74, 6) is 0.610. The van der Waals surface area contributed by atoms with E-state index in [1.54, 1.807) is 30.1 Å². The Morgan fingerprint density at radius 1 is 1.53 bits per heavy atom. The van der Waals surface area contributed by atoms with Crippen LogP contribution in [0, 0.1) is 0 Å². The van der Waals surface area contributed by atoms with Crippen molar-refractivity contribution in [2.24, 2.45) is 0 Å². The van der Waals surface area contributed by atoms with Gasteiger partial charge in [0.1, 0.15) is 0 Å². The summed E-state index contributed by atoms with van der Waals surface area (Å²) in [5.41, 5.74) is 0.952. The van der Waals surface area contributed by atoms with Gasteiger partial charge in [0.25, 0.3) is 0 Å². The normalized spacial score (nSPS) is 12.0. The third-order valence-corrected chi connectivity index (χ3v) is 3.08. The van der Waals surface area contributed by atoms with E-state index in [1.165, 1.54) is 7.11 Å². The minimum Gasteiger partial charge on any atom is -0.504 e. The zero-order chi connectivity index (χ0) is 14.4. The Labute approximate surface area is 114 Å². The first-order chi connectivity index (χ1) is 8.99. The average molecular weight is 266 g/mol. The second-order valence-corrected chi connectivity index (χ2v) is 4.46. The van der Waals surface area contributed by atoms with Crippen molar-refractivity contribution < 1.29 is 14.6 Å². The predicted molar refractivity (Wildman–Crippen MR) is 74.3 cm³/mol. The van der Waals surface area contributed by atoms with Crippen LogP contribution in [-0.4, -0.2) is 42.7 Å². The molecule has 0 fully saturated rings. The van der Waals surface area contributed by atoms with E-state index in [9.17, 15) is 9.90 Å². The molecule has 0 spiro atoms. The molecule has 5 nitrogen and oxygen atoms in total. The Kier molecular flexibility index (Phi) is 5.63. The molecule has 19 heavy (non-hydrogen) atoms. The molecule has 1 unspecified atom stereocenters. The molecule has 0 aliphatic rings. The van der Waals surface area contributed by atoms with Gasteiger partial charge in [-0.25, -0.2) is 0 Å². The number of hydrogen-bond acceptors (Lipinski definition) is 4. The molecule has 1 amide bonds. The van der Waals surface area contributed by atoms with Crippen LogP contribution in [0.4, 0.5) is 0 Å². The quantitative estimate of drug-likeness (QED) is 0.816. The van der Waals surface area contributed by atoms with Crippen molar-refractivity contribution in [3.63, 3.8) is 0 Å². The van der Waals surface area contributed by atoms with Crippen molar-refractivity contribution in [3.05, 3.63) is 23.8 Å². The minimum absolute atomic E-state index is 0.0632. The van der Waals surface area contributed by atoms with E-state index in [0.29, 0.717) is 18.8 Å². The number of nitrogens with zero attached hydrogens (tertiary/aromatic N) is 1. The third kappa shape index (κ3) is 4.13. The Balaban J connectivity index is 2.59. The van der Waals surface area contributed by atoms with Gasteiger partial charge >= 0.3 is 0 Å². The minimum atomic E-state index is -0.246. The van der Waals surface area contributed by atoms with Gasteiger partial charge in [0.2, 0.25) is 5.91 Å². The maximum Gasteiger partial charge on any atom is 0.239 e. The lowest BCUT2D eigenvalue weighted by molar-refractivity contribution is -0.131. The molecule has 106 valence electrons. The lowest BCUT2D eigenvalue weighted by atomic mass is 10.2. The molecular formula is C14H22N2O3. The fourth-order valence-electron chi connectivity index (χ4n) is 1.68. The van der Waals surface area contributed by atoms with Crippen LogP contribution in [-0.2, 0) is 11.3 Å². The summed E-state index contributed by atoms with van der Waals surface area (Å²) >= 11 is 0. The summed E-state index contributed by atoms with van der Waals surface area (Å²) in [4.78, 5) is 13.5. The molecule has 0 saturated heterocycles. The summed E-state index contributed by atoms with van der Waals surface area (Å²) in [6.07, 6.45) is 0. The van der Waals surface area contributed by atoms with Gasteiger partial charge in [-0.3, -0.25) is 4.79 Å². The van der Waals surface area contributed by atoms with E-state index in [0.717, 1.165) is 5.56 Å². The van der Waals surface area contributed by atoms with E-state index in [1.807, 2.05) is 13.8 Å². The summed E-state index contributed by atoms with van der Waals surface area (Å²) in [6, 6.07) is 4.89. The van der Waals surface area contributed by atoms with Gasteiger partial charge in [-0.05, 0) is 31.5 Å². The first-order valence-electron chi connectivity index (χ1n) is 6.33. The Hall–Kier alpha value is -1.75. The van der Waals surface area contributed by atoms with E-state index >= 15 is 0 Å². The monoisotopic (exact) mass is 266 g/mol. The standard InChI is InChI=1S/C14H22N2O3/c1-5-16(3)14(18)10(2)15-9-11-6-7-12(17)13(8-11)19-4/h6-8,10,15,17H,5,9H2,1-4H3. The van der Waals surface area contributed by atoms with Gasteiger partial charge in [0.15, 0.2) is 11.5 Å². The van der Waals surface area contributed by atoms with Crippen molar-refractivity contribution in [3.8, 4) is 11.5 Å². The number of phenols is 1. The Morgan fingerprint density at radius 2 is 2.21 bits per heavy atom. The molecule has 1 rings (SSSR count). The second-order valence-electron chi connectivity index (χ2n) is 4.46. The number of nitrogens with one attached hydrogen (secondary N) is 1. The fraction of sp³-hybridized carbons (Fsp3) is 0.500. The van der Waals surface area contributed by atoms with Crippen molar-refractivity contribution in [2.45, 2.75) is 26.4 Å². The first kappa shape index (κ1) is 15.3. The molecule has 0 saturated carbocycles. The van der Waals surface area contributed by atoms with E-state index < -0.39 is 0 Å². The highest BCUT2D eigenvalue weighted by Gasteiger charge is 2.15. The molecule has 0 aliphatic heterocycles. The largest absolute Gasteiger partial charge is 0.504 e. The maximum atomic E-state index is 11.9. The fourth-order valence-corrected chi connectivity index (χ4v) is 1.68. The number of carbonyl (C=O) groups is 1.